The van der Waals surface area contributed by atoms with E-state index in [1.54, 1.807) is 47.0 Å². The van der Waals surface area contributed by atoms with Crippen LogP contribution in [0, 0.1) is 5.82 Å². The predicted molar refractivity (Wildman–Crippen MR) is 127 cm³/mol. The molecule has 3 aromatic rings. The fourth-order valence-electron chi connectivity index (χ4n) is 4.63. The Balaban J connectivity index is 1.53. The van der Waals surface area contributed by atoms with Crippen molar-refractivity contribution in [3.8, 4) is 0 Å². The molecule has 2 aliphatic rings. The lowest BCUT2D eigenvalue weighted by Crippen LogP contribution is -2.41. The molecule has 0 atom stereocenters. The fraction of sp³-hybridized carbons (Fsp3) is 0.296. The van der Waals surface area contributed by atoms with Crippen LogP contribution in [-0.2, 0) is 40.2 Å². The Morgan fingerprint density at radius 3 is 2.71 bits per heavy atom. The predicted octanol–water partition coefficient (Wildman–Crippen LogP) is 3.18. The number of allylic oxidation sites excluding steroid dienone is 1. The summed E-state index contributed by atoms with van der Waals surface area (Å²) in [6.07, 6.45) is 4.11. The fourth-order valence-corrected chi connectivity index (χ4v) is 4.63. The van der Waals surface area contributed by atoms with E-state index in [0.717, 1.165) is 16.8 Å². The first-order chi connectivity index (χ1) is 17.0. The van der Waals surface area contributed by atoms with E-state index in [1.807, 2.05) is 18.2 Å². The molecule has 2 aromatic heterocycles. The summed E-state index contributed by atoms with van der Waals surface area (Å²) >= 11 is 0. The first-order valence-corrected chi connectivity index (χ1v) is 11.6. The zero-order chi connectivity index (χ0) is 24.4. The summed E-state index contributed by atoms with van der Waals surface area (Å²) in [5, 5.41) is 0. The van der Waals surface area contributed by atoms with Gasteiger partial charge in [0.15, 0.2) is 0 Å². The van der Waals surface area contributed by atoms with Crippen molar-refractivity contribution in [3.63, 3.8) is 0 Å². The Morgan fingerprint density at radius 2 is 1.94 bits per heavy atom. The second-order valence-electron chi connectivity index (χ2n) is 8.72. The number of carbonyl (C=O) groups is 1. The standard InChI is InChI=1S/C27H26FN3O4/c1-18-25(35-12-11-34-18)27(33)30-10-8-24-22(17-30)14-21(13-20-6-2-3-7-23(20)28)26(32)31(24)16-19-5-4-9-29-15-19/h2-7,9,14-15H,8,10-13,16-17H2,1H3. The maximum absolute atomic E-state index is 14.4. The number of fused-ring (bicyclic) bond motifs is 1. The average molecular weight is 476 g/mol. The number of benzene rings is 1. The third-order valence-electron chi connectivity index (χ3n) is 6.40. The molecule has 0 saturated heterocycles. The molecule has 1 amide bonds. The van der Waals surface area contributed by atoms with Crippen LogP contribution in [0.25, 0.3) is 0 Å². The highest BCUT2D eigenvalue weighted by atomic mass is 19.1. The Kier molecular flexibility index (Phi) is 6.35. The lowest BCUT2D eigenvalue weighted by atomic mass is 9.98. The molecule has 0 fully saturated rings. The zero-order valence-corrected chi connectivity index (χ0v) is 19.5. The van der Waals surface area contributed by atoms with Crippen molar-refractivity contribution in [1.82, 2.24) is 14.5 Å². The highest BCUT2D eigenvalue weighted by Crippen LogP contribution is 2.24. The van der Waals surface area contributed by atoms with Crippen molar-refractivity contribution >= 4 is 5.91 Å². The monoisotopic (exact) mass is 475 g/mol. The number of hydrogen-bond acceptors (Lipinski definition) is 5. The summed E-state index contributed by atoms with van der Waals surface area (Å²) < 4.78 is 27.2. The van der Waals surface area contributed by atoms with Gasteiger partial charge in [-0.3, -0.25) is 14.6 Å². The Hall–Kier alpha value is -3.94. The minimum Gasteiger partial charge on any atom is -0.491 e. The van der Waals surface area contributed by atoms with Gasteiger partial charge < -0.3 is 18.9 Å². The molecule has 0 radical (unpaired) electrons. The summed E-state index contributed by atoms with van der Waals surface area (Å²) in [6, 6.07) is 12.0. The third kappa shape index (κ3) is 4.69. The van der Waals surface area contributed by atoms with Gasteiger partial charge in [0.25, 0.3) is 11.5 Å². The molecule has 35 heavy (non-hydrogen) atoms. The van der Waals surface area contributed by atoms with Crippen molar-refractivity contribution in [1.29, 1.82) is 0 Å². The maximum atomic E-state index is 14.4. The third-order valence-corrected chi connectivity index (χ3v) is 6.40. The van der Waals surface area contributed by atoms with Gasteiger partial charge in [-0.2, -0.15) is 0 Å². The van der Waals surface area contributed by atoms with E-state index in [-0.39, 0.29) is 29.5 Å². The Labute approximate surface area is 202 Å². The number of aromatic nitrogens is 2. The summed E-state index contributed by atoms with van der Waals surface area (Å²) in [5.74, 6) is 0.134. The van der Waals surface area contributed by atoms with Gasteiger partial charge in [0.1, 0.15) is 24.8 Å². The number of carbonyl (C=O) groups excluding carboxylic acids is 1. The summed E-state index contributed by atoms with van der Waals surface area (Å²) in [6.45, 7) is 3.61. The largest absolute Gasteiger partial charge is 0.491 e. The van der Waals surface area contributed by atoms with Gasteiger partial charge >= 0.3 is 0 Å². The highest BCUT2D eigenvalue weighted by molar-refractivity contribution is 5.92. The number of ether oxygens (including phenoxy) is 2. The molecule has 180 valence electrons. The van der Waals surface area contributed by atoms with Crippen LogP contribution in [0.2, 0.25) is 0 Å². The van der Waals surface area contributed by atoms with E-state index >= 15 is 0 Å². The molecule has 2 aliphatic heterocycles. The van der Waals surface area contributed by atoms with Gasteiger partial charge in [-0.1, -0.05) is 24.3 Å². The van der Waals surface area contributed by atoms with E-state index in [1.165, 1.54) is 6.07 Å². The second kappa shape index (κ2) is 9.74. The molecule has 4 heterocycles. The van der Waals surface area contributed by atoms with Gasteiger partial charge in [0, 0.05) is 49.6 Å². The molecule has 0 bridgehead atoms. The molecule has 0 saturated carbocycles. The van der Waals surface area contributed by atoms with Crippen LogP contribution in [-0.4, -0.2) is 40.1 Å². The van der Waals surface area contributed by atoms with Gasteiger partial charge in [-0.05, 0) is 41.8 Å². The van der Waals surface area contributed by atoms with Crippen molar-refractivity contribution in [2.24, 2.45) is 0 Å². The van der Waals surface area contributed by atoms with E-state index < -0.39 is 0 Å². The van der Waals surface area contributed by atoms with Crippen LogP contribution < -0.4 is 5.56 Å². The van der Waals surface area contributed by atoms with Gasteiger partial charge in [0.2, 0.25) is 5.76 Å². The van der Waals surface area contributed by atoms with Crippen molar-refractivity contribution in [3.05, 3.63) is 110 Å². The van der Waals surface area contributed by atoms with Crippen LogP contribution in [0.4, 0.5) is 4.39 Å². The molecule has 0 spiro atoms. The van der Waals surface area contributed by atoms with Crippen LogP contribution in [0.15, 0.2) is 71.2 Å². The van der Waals surface area contributed by atoms with Gasteiger partial charge in [-0.15, -0.1) is 0 Å². The molecule has 8 heteroatoms. The summed E-state index contributed by atoms with van der Waals surface area (Å²) in [7, 11) is 0. The topological polar surface area (TPSA) is 73.7 Å². The number of amides is 1. The Morgan fingerprint density at radius 1 is 1.11 bits per heavy atom. The van der Waals surface area contributed by atoms with Crippen molar-refractivity contribution < 1.29 is 18.7 Å². The van der Waals surface area contributed by atoms with Crippen molar-refractivity contribution in [2.45, 2.75) is 32.9 Å². The molecule has 0 N–H and O–H groups in total. The molecular weight excluding hydrogens is 449 g/mol. The lowest BCUT2D eigenvalue weighted by Gasteiger charge is -2.32. The Bertz CT molecular complexity index is 1350. The smallest absolute Gasteiger partial charge is 0.292 e. The number of rotatable bonds is 5. The minimum atomic E-state index is -0.350. The van der Waals surface area contributed by atoms with Gasteiger partial charge in [0.05, 0.1) is 6.54 Å². The highest BCUT2D eigenvalue weighted by Gasteiger charge is 2.30. The van der Waals surface area contributed by atoms with E-state index in [0.29, 0.717) is 56.2 Å². The average Bonchev–Trinajstić information content (AvgIpc) is 2.88. The van der Waals surface area contributed by atoms with Crippen LogP contribution in [0.1, 0.15) is 34.9 Å². The minimum absolute atomic E-state index is 0.154. The van der Waals surface area contributed by atoms with E-state index in [2.05, 4.69) is 4.98 Å². The summed E-state index contributed by atoms with van der Waals surface area (Å²) in [5.41, 5.74) is 3.43. The molecule has 1 aromatic carbocycles. The zero-order valence-electron chi connectivity index (χ0n) is 19.5. The van der Waals surface area contributed by atoms with Crippen LogP contribution in [0.5, 0.6) is 0 Å². The van der Waals surface area contributed by atoms with E-state index in [9.17, 15) is 14.0 Å². The molecule has 7 nitrogen and oxygen atoms in total. The molecular formula is C27H26FN3O4. The first-order valence-electron chi connectivity index (χ1n) is 11.6. The quantitative estimate of drug-likeness (QED) is 0.567. The van der Waals surface area contributed by atoms with E-state index in [4.69, 9.17) is 9.47 Å². The molecule has 5 rings (SSSR count). The number of pyridine rings is 2. The lowest BCUT2D eigenvalue weighted by molar-refractivity contribution is -0.133. The normalized spacial score (nSPS) is 15.3. The number of halogens is 1. The SMILES string of the molecule is CC1=C(C(=O)N2CCc3c(cc(Cc4ccccc4F)c(=O)n3Cc3cccnc3)C2)OCCO1. The second-order valence-corrected chi connectivity index (χ2v) is 8.72. The number of nitrogens with zero attached hydrogens (tertiary/aromatic N) is 3. The van der Waals surface area contributed by atoms with Crippen molar-refractivity contribution in [2.75, 3.05) is 19.8 Å². The molecule has 0 aliphatic carbocycles. The number of hydrogen-bond donors (Lipinski definition) is 0. The maximum Gasteiger partial charge on any atom is 0.292 e. The van der Waals surface area contributed by atoms with Crippen LogP contribution in [0.3, 0.4) is 0 Å². The van der Waals surface area contributed by atoms with Crippen LogP contribution >= 0.6 is 0 Å². The molecule has 0 unspecified atom stereocenters. The summed E-state index contributed by atoms with van der Waals surface area (Å²) in [4.78, 5) is 32.6. The first kappa shape index (κ1) is 22.8. The van der Waals surface area contributed by atoms with Gasteiger partial charge in [-0.25, -0.2) is 4.39 Å².